The van der Waals surface area contributed by atoms with Crippen LogP contribution in [0.2, 0.25) is 0 Å². The SMILES string of the molecule is [2H]C1([2H])Oc2cc3c(cc2O1)[C@@H](O[C@@H]1O[C@H]2[C@@H](O[C@H](C)OC2([2H])[2H])[C@H](O)[C@H]1O)[C@@H]1[C@H](C(=O)OC1([2H])[2H])[C@@H]3c1cc(OC)c(O)c(OC)c1. The van der Waals surface area contributed by atoms with Crippen LogP contribution in [0.25, 0.3) is 0 Å². The van der Waals surface area contributed by atoms with Gasteiger partial charge in [0.25, 0.3) is 0 Å². The molecule has 3 fully saturated rings. The lowest BCUT2D eigenvalue weighted by Gasteiger charge is -2.47. The van der Waals surface area contributed by atoms with Crippen molar-refractivity contribution in [2.75, 3.05) is 34.1 Å². The lowest BCUT2D eigenvalue weighted by atomic mass is 9.66. The highest BCUT2D eigenvalue weighted by Crippen LogP contribution is 2.57. The van der Waals surface area contributed by atoms with Gasteiger partial charge in [-0.1, -0.05) is 0 Å². The molecule has 0 bridgehead atoms. The number of aromatic hydroxyl groups is 1. The van der Waals surface area contributed by atoms with Crippen molar-refractivity contribution in [2.45, 2.75) is 55.9 Å². The number of aliphatic hydroxyl groups is 2. The van der Waals surface area contributed by atoms with E-state index in [2.05, 4.69) is 0 Å². The third-order valence-corrected chi connectivity index (χ3v) is 8.12. The number of aliphatic hydroxyl groups excluding tert-OH is 2. The topological polar surface area (TPSA) is 161 Å². The first kappa shape index (κ1) is 21.4. The normalized spacial score (nSPS) is 42.2. The number of fused-ring (bicyclic) bond motifs is 4. The highest BCUT2D eigenvalue weighted by molar-refractivity contribution is 5.79. The van der Waals surface area contributed by atoms with Gasteiger partial charge in [0.2, 0.25) is 12.5 Å². The van der Waals surface area contributed by atoms with Gasteiger partial charge in [-0.2, -0.15) is 0 Å². The number of phenolic OH excluding ortho intramolecular Hbond substituents is 1. The summed E-state index contributed by atoms with van der Waals surface area (Å²) in [4.78, 5) is 13.6. The summed E-state index contributed by atoms with van der Waals surface area (Å²) in [5.74, 6) is -5.33. The Morgan fingerprint density at radius 2 is 1.62 bits per heavy atom. The monoisotopic (exact) mass is 594 g/mol. The van der Waals surface area contributed by atoms with Gasteiger partial charge in [0.1, 0.15) is 27.2 Å². The molecule has 0 saturated carbocycles. The molecule has 0 amide bonds. The lowest BCUT2D eigenvalue weighted by Crippen LogP contribution is -2.63. The zero-order valence-electron chi connectivity index (χ0n) is 28.5. The van der Waals surface area contributed by atoms with Gasteiger partial charge in [-0.25, -0.2) is 0 Å². The molecule has 2 aromatic carbocycles. The highest BCUT2D eigenvalue weighted by Gasteiger charge is 2.56. The minimum Gasteiger partial charge on any atom is -0.502 e. The molecule has 4 aliphatic heterocycles. The number of ether oxygens (including phenoxy) is 9. The fraction of sp³-hybridized carbons (Fsp3) is 0.552. The molecule has 13 heteroatoms. The maximum absolute atomic E-state index is 13.6. The van der Waals surface area contributed by atoms with Crippen LogP contribution in [0.1, 0.15) is 43.9 Å². The van der Waals surface area contributed by atoms with Crippen LogP contribution >= 0.6 is 0 Å². The number of methoxy groups -OCH3 is 2. The van der Waals surface area contributed by atoms with E-state index in [1.54, 1.807) is 0 Å². The van der Waals surface area contributed by atoms with E-state index in [0.717, 1.165) is 0 Å². The second kappa shape index (κ2) is 10.4. The van der Waals surface area contributed by atoms with E-state index >= 15 is 0 Å². The second-order valence-electron chi connectivity index (χ2n) is 10.4. The van der Waals surface area contributed by atoms with Crippen molar-refractivity contribution in [1.82, 2.24) is 0 Å². The first-order chi connectivity index (χ1) is 22.5. The van der Waals surface area contributed by atoms with E-state index in [1.807, 2.05) is 0 Å². The molecule has 13 nitrogen and oxygen atoms in total. The van der Waals surface area contributed by atoms with Gasteiger partial charge in [-0.05, 0) is 47.9 Å². The van der Waals surface area contributed by atoms with Crippen molar-refractivity contribution in [2.24, 2.45) is 11.8 Å². The van der Waals surface area contributed by atoms with Crippen LogP contribution in [-0.2, 0) is 28.5 Å². The fourth-order valence-electron chi connectivity index (χ4n) is 6.16. The van der Waals surface area contributed by atoms with Gasteiger partial charge < -0.3 is 58.0 Å². The maximum atomic E-state index is 13.6. The van der Waals surface area contributed by atoms with Gasteiger partial charge >= 0.3 is 5.97 Å². The number of carbonyl (C=O) groups is 1. The Kier molecular flexibility index (Phi) is 5.31. The van der Waals surface area contributed by atoms with Crippen LogP contribution in [0.4, 0.5) is 0 Å². The number of phenols is 1. The Labute approximate surface area is 249 Å². The molecule has 226 valence electrons. The predicted octanol–water partition coefficient (Wildman–Crippen LogP) is 1.34. The van der Waals surface area contributed by atoms with Crippen LogP contribution in [-0.4, -0.2) is 92.4 Å². The number of cyclic esters (lactones) is 1. The predicted molar refractivity (Wildman–Crippen MR) is 138 cm³/mol. The Morgan fingerprint density at radius 1 is 0.929 bits per heavy atom. The zero-order chi connectivity index (χ0) is 34.7. The molecule has 7 rings (SSSR count). The van der Waals surface area contributed by atoms with E-state index in [-0.39, 0.29) is 39.9 Å². The molecule has 0 spiro atoms. The summed E-state index contributed by atoms with van der Waals surface area (Å²) >= 11 is 0. The van der Waals surface area contributed by atoms with E-state index < -0.39 is 86.7 Å². The number of carbonyl (C=O) groups excluding carboxylic acids is 1. The van der Waals surface area contributed by atoms with Crippen LogP contribution < -0.4 is 18.9 Å². The smallest absolute Gasteiger partial charge is 0.310 e. The van der Waals surface area contributed by atoms with E-state index in [1.165, 1.54) is 45.4 Å². The number of hydrogen-bond acceptors (Lipinski definition) is 13. The largest absolute Gasteiger partial charge is 0.502 e. The molecule has 0 radical (unpaired) electrons. The van der Waals surface area contributed by atoms with Crippen molar-refractivity contribution in [3.05, 3.63) is 41.0 Å². The number of benzene rings is 2. The minimum absolute atomic E-state index is 0.0185. The van der Waals surface area contributed by atoms with Gasteiger partial charge in [-0.15, -0.1) is 0 Å². The maximum Gasteiger partial charge on any atom is 0.310 e. The molecule has 3 saturated heterocycles. The lowest BCUT2D eigenvalue weighted by molar-refractivity contribution is -0.364. The molecule has 5 aliphatic rings. The van der Waals surface area contributed by atoms with Crippen molar-refractivity contribution >= 4 is 5.97 Å². The summed E-state index contributed by atoms with van der Waals surface area (Å²) in [6, 6.07) is 5.63. The van der Waals surface area contributed by atoms with Crippen molar-refractivity contribution in [3.63, 3.8) is 0 Å². The van der Waals surface area contributed by atoms with Crippen LogP contribution in [0, 0.1) is 11.8 Å². The third kappa shape index (κ3) is 4.26. The van der Waals surface area contributed by atoms with Gasteiger partial charge in [-0.3, -0.25) is 4.79 Å². The Bertz CT molecular complexity index is 1620. The number of rotatable bonds is 5. The summed E-state index contributed by atoms with van der Waals surface area (Å²) in [7, 11) is 2.62. The van der Waals surface area contributed by atoms with Crippen LogP contribution in [0.15, 0.2) is 24.3 Å². The highest BCUT2D eigenvalue weighted by atomic mass is 16.8. The molecule has 3 N–H and O–H groups in total. The number of esters is 1. The van der Waals surface area contributed by atoms with Crippen LogP contribution in [0.3, 0.4) is 0 Å². The Balaban J connectivity index is 1.39. The first-order valence-corrected chi connectivity index (χ1v) is 13.2. The summed E-state index contributed by atoms with van der Waals surface area (Å²) in [6.07, 6.45) is -10.9. The van der Waals surface area contributed by atoms with Crippen molar-refractivity contribution < 1.29 is 71.0 Å². The average Bonchev–Trinajstić information content (AvgIpc) is 3.43. The van der Waals surface area contributed by atoms with Crippen molar-refractivity contribution in [1.29, 1.82) is 0 Å². The fourth-order valence-corrected chi connectivity index (χ4v) is 6.16. The molecule has 0 aromatic heterocycles. The summed E-state index contributed by atoms with van der Waals surface area (Å²) in [5.41, 5.74) is 0.733. The van der Waals surface area contributed by atoms with Gasteiger partial charge in [0.05, 0.1) is 44.8 Å². The third-order valence-electron chi connectivity index (χ3n) is 8.12. The molecule has 2 aromatic rings. The minimum atomic E-state index is -2.69. The molecule has 4 heterocycles. The van der Waals surface area contributed by atoms with E-state index in [4.69, 9.17) is 50.9 Å². The summed E-state index contributed by atoms with van der Waals surface area (Å²) in [6.45, 7) is -6.35. The molecular weight excluding hydrogens is 556 g/mol. The molecule has 42 heavy (non-hydrogen) atoms. The molecule has 10 atom stereocenters. The van der Waals surface area contributed by atoms with Gasteiger partial charge in [0, 0.05) is 11.8 Å². The van der Waals surface area contributed by atoms with Gasteiger partial charge in [0.15, 0.2) is 35.6 Å². The van der Waals surface area contributed by atoms with E-state index in [0.29, 0.717) is 5.56 Å². The standard InChI is InChI=1S/C29H32O13/c1-11-36-9-20-27(40-11)24(31)25(32)29(41-20)42-26-14-7-17-16(38-10-39-17)6-13(14)21(22-15(26)8-37-28(22)33)12-4-18(34-2)23(30)19(5-12)35-3/h4-7,11,15,20-22,24-27,29-32H,8-10H2,1-3H3/t11-,15+,20-,21-,22+,24-,25-,26-,27-,29+/m1/s1/i8D2,9D2,10D2. The molecule has 1 aliphatic carbocycles. The second-order valence-corrected chi connectivity index (χ2v) is 10.4. The quantitative estimate of drug-likeness (QED) is 0.426. The van der Waals surface area contributed by atoms with E-state index in [9.17, 15) is 20.1 Å². The molecule has 0 unspecified atom stereocenters. The Hall–Kier alpha value is -3.33. The zero-order valence-corrected chi connectivity index (χ0v) is 22.5. The van der Waals surface area contributed by atoms with Crippen molar-refractivity contribution in [3.8, 4) is 28.7 Å². The molecular formula is C29H32O13. The van der Waals surface area contributed by atoms with Crippen LogP contribution in [0.5, 0.6) is 28.7 Å². The first-order valence-electron chi connectivity index (χ1n) is 16.2. The number of hydrogen-bond donors (Lipinski definition) is 3. The summed E-state index contributed by atoms with van der Waals surface area (Å²) < 4.78 is 99.8. The average molecular weight is 595 g/mol. The Morgan fingerprint density at radius 3 is 2.31 bits per heavy atom. The summed E-state index contributed by atoms with van der Waals surface area (Å²) in [5, 5.41) is 32.8.